The number of aliphatic hydroxyl groups excluding tert-OH is 1. The van der Waals surface area contributed by atoms with Gasteiger partial charge in [-0.15, -0.1) is 0 Å². The average Bonchev–Trinajstić information content (AvgIpc) is 2.83. The summed E-state index contributed by atoms with van der Waals surface area (Å²) in [5.74, 6) is -0.0376. The fourth-order valence-corrected chi connectivity index (χ4v) is 6.58. The number of carbonyl (C=O) groups excluding carboxylic acids is 2. The van der Waals surface area contributed by atoms with E-state index >= 15 is 0 Å². The molecule has 4 nitrogen and oxygen atoms in total. The van der Waals surface area contributed by atoms with Crippen molar-refractivity contribution in [1.82, 2.24) is 0 Å². The van der Waals surface area contributed by atoms with Crippen LogP contribution in [0.1, 0.15) is 46.5 Å². The van der Waals surface area contributed by atoms with Crippen LogP contribution in [0.15, 0.2) is 35.5 Å². The molecule has 140 valence electrons. The van der Waals surface area contributed by atoms with E-state index in [1.54, 1.807) is 12.2 Å². The van der Waals surface area contributed by atoms with E-state index in [4.69, 9.17) is 0 Å². The highest BCUT2D eigenvalue weighted by Gasteiger charge is 2.66. The van der Waals surface area contributed by atoms with Crippen molar-refractivity contribution < 1.29 is 19.8 Å². The van der Waals surface area contributed by atoms with Crippen LogP contribution in [-0.4, -0.2) is 34.0 Å². The molecule has 2 N–H and O–H groups in total. The predicted molar refractivity (Wildman–Crippen MR) is 98.2 cm³/mol. The summed E-state index contributed by atoms with van der Waals surface area (Å²) >= 11 is 0. The Bertz CT molecular complexity index is 775. The molecule has 0 heterocycles. The molecule has 0 bridgehead atoms. The molecule has 4 rings (SSSR count). The summed E-state index contributed by atoms with van der Waals surface area (Å²) in [6.45, 7) is 5.54. The van der Waals surface area contributed by atoms with Crippen LogP contribution in [0, 0.1) is 28.6 Å². The second-order valence-corrected chi connectivity index (χ2v) is 9.12. The average molecular weight is 356 g/mol. The van der Waals surface area contributed by atoms with Gasteiger partial charge < -0.3 is 10.2 Å². The number of hydrogen-bond acceptors (Lipinski definition) is 4. The smallest absolute Gasteiger partial charge is 0.190 e. The van der Waals surface area contributed by atoms with Gasteiger partial charge in [-0.05, 0) is 62.5 Å². The quantitative estimate of drug-likeness (QED) is 0.746. The molecule has 0 amide bonds. The maximum absolute atomic E-state index is 12.5. The van der Waals surface area contributed by atoms with Crippen molar-refractivity contribution in [3.8, 4) is 0 Å². The van der Waals surface area contributed by atoms with Crippen LogP contribution >= 0.6 is 0 Å². The zero-order valence-electron chi connectivity index (χ0n) is 15.8. The molecule has 4 aliphatic carbocycles. The summed E-state index contributed by atoms with van der Waals surface area (Å²) < 4.78 is 0. The first-order chi connectivity index (χ1) is 12.2. The minimum absolute atomic E-state index is 0.0644. The number of rotatable bonds is 2. The molecule has 0 radical (unpaired) electrons. The first-order valence-electron chi connectivity index (χ1n) is 9.70. The van der Waals surface area contributed by atoms with Gasteiger partial charge >= 0.3 is 0 Å². The van der Waals surface area contributed by atoms with Gasteiger partial charge in [0.05, 0.1) is 0 Å². The predicted octanol–water partition coefficient (Wildman–Crippen LogP) is 2.75. The Balaban J connectivity index is 1.79. The summed E-state index contributed by atoms with van der Waals surface area (Å²) in [7, 11) is 0. The largest absolute Gasteiger partial charge is 0.388 e. The minimum Gasteiger partial charge on any atom is -0.388 e. The Kier molecular flexibility index (Phi) is 3.78. The number of Topliss-reactive ketones (excluding diaryl/α,β-unsaturated/α-hetero) is 1. The van der Waals surface area contributed by atoms with Gasteiger partial charge in [0.15, 0.2) is 11.6 Å². The van der Waals surface area contributed by atoms with Gasteiger partial charge in [0, 0.05) is 10.8 Å². The van der Waals surface area contributed by atoms with Crippen LogP contribution in [0.25, 0.3) is 0 Å². The molecule has 0 aromatic carbocycles. The van der Waals surface area contributed by atoms with E-state index in [1.807, 2.05) is 19.9 Å². The van der Waals surface area contributed by atoms with Crippen molar-refractivity contribution in [2.45, 2.75) is 52.1 Å². The Morgan fingerprint density at radius 2 is 2.08 bits per heavy atom. The van der Waals surface area contributed by atoms with Gasteiger partial charge in [-0.2, -0.15) is 0 Å². The third-order valence-electron chi connectivity index (χ3n) is 8.10. The number of ketones is 2. The first kappa shape index (κ1) is 17.9. The lowest BCUT2D eigenvalue weighted by Gasteiger charge is -2.53. The molecule has 0 aromatic heterocycles. The van der Waals surface area contributed by atoms with E-state index in [1.165, 1.54) is 11.1 Å². The summed E-state index contributed by atoms with van der Waals surface area (Å²) in [6.07, 6.45) is 10.9. The van der Waals surface area contributed by atoms with Gasteiger partial charge in [0.25, 0.3) is 0 Å². The maximum Gasteiger partial charge on any atom is 0.190 e. The highest BCUT2D eigenvalue weighted by molar-refractivity contribution is 6.01. The molecule has 6 atom stereocenters. The van der Waals surface area contributed by atoms with E-state index < -0.39 is 23.4 Å². The normalized spacial score (nSPS) is 46.8. The number of fused-ring (bicyclic) bond motifs is 5. The third kappa shape index (κ3) is 1.97. The lowest BCUT2D eigenvalue weighted by molar-refractivity contribution is -0.161. The molecular weight excluding hydrogens is 328 g/mol. The SMILES string of the molecule is C[C@H]1CC2C3CCC4=CC(=O)C=CC4(C)C3=CCC2(C)[C@@]1(O)C(=O)CO. The van der Waals surface area contributed by atoms with E-state index in [0.29, 0.717) is 12.3 Å². The molecular formula is C22H28O4. The Morgan fingerprint density at radius 1 is 1.35 bits per heavy atom. The lowest BCUT2D eigenvalue weighted by atomic mass is 9.51. The van der Waals surface area contributed by atoms with Crippen molar-refractivity contribution >= 4 is 11.6 Å². The zero-order valence-corrected chi connectivity index (χ0v) is 15.8. The van der Waals surface area contributed by atoms with Crippen molar-refractivity contribution in [1.29, 1.82) is 0 Å². The van der Waals surface area contributed by atoms with Crippen LogP contribution in [-0.2, 0) is 9.59 Å². The fraction of sp³-hybridized carbons (Fsp3) is 0.636. The van der Waals surface area contributed by atoms with Gasteiger partial charge in [-0.25, -0.2) is 0 Å². The summed E-state index contributed by atoms with van der Waals surface area (Å²) in [5.41, 5.74) is 0.289. The lowest BCUT2D eigenvalue weighted by Crippen LogP contribution is -2.57. The second kappa shape index (κ2) is 5.49. The maximum atomic E-state index is 12.5. The molecule has 4 aliphatic rings. The topological polar surface area (TPSA) is 74.6 Å². The van der Waals surface area contributed by atoms with E-state index in [2.05, 4.69) is 13.0 Å². The standard InChI is InChI=1S/C22H28O4/c1-13-10-18-16-5-4-14-11-15(24)6-8-20(14,2)17(16)7-9-21(18,3)22(13,26)19(25)12-23/h6-8,11,13,16,18,23,26H,4-5,9-10,12H2,1-3H3/t13-,16?,18?,20?,21?,22-/m0/s1. The first-order valence-corrected chi connectivity index (χ1v) is 9.70. The summed E-state index contributed by atoms with van der Waals surface area (Å²) in [6, 6.07) is 0. The van der Waals surface area contributed by atoms with E-state index in [-0.39, 0.29) is 23.0 Å². The highest BCUT2D eigenvalue weighted by Crippen LogP contribution is 2.66. The monoisotopic (exact) mass is 356 g/mol. The third-order valence-corrected chi connectivity index (χ3v) is 8.10. The fourth-order valence-electron chi connectivity index (χ4n) is 6.58. The molecule has 4 unspecified atom stereocenters. The number of hydrogen-bond donors (Lipinski definition) is 2. The summed E-state index contributed by atoms with van der Waals surface area (Å²) in [4.78, 5) is 24.3. The van der Waals surface area contributed by atoms with Gasteiger partial charge in [0.1, 0.15) is 12.2 Å². The van der Waals surface area contributed by atoms with Gasteiger partial charge in [-0.1, -0.05) is 37.1 Å². The Labute approximate surface area is 154 Å². The van der Waals surface area contributed by atoms with E-state index in [9.17, 15) is 19.8 Å². The molecule has 26 heavy (non-hydrogen) atoms. The van der Waals surface area contributed by atoms with Crippen LogP contribution in [0.5, 0.6) is 0 Å². The molecule has 2 saturated carbocycles. The molecule has 0 aliphatic heterocycles. The van der Waals surface area contributed by atoms with Crippen LogP contribution < -0.4 is 0 Å². The van der Waals surface area contributed by atoms with Crippen molar-refractivity contribution in [3.05, 3.63) is 35.5 Å². The van der Waals surface area contributed by atoms with Crippen molar-refractivity contribution in [2.75, 3.05) is 6.61 Å². The molecule has 0 saturated heterocycles. The molecule has 0 spiro atoms. The van der Waals surface area contributed by atoms with Gasteiger partial charge in [0.2, 0.25) is 0 Å². The molecule has 0 aromatic rings. The number of aliphatic hydroxyl groups is 2. The zero-order chi connectivity index (χ0) is 18.9. The van der Waals surface area contributed by atoms with Crippen LogP contribution in [0.3, 0.4) is 0 Å². The number of carbonyl (C=O) groups is 2. The minimum atomic E-state index is -1.47. The van der Waals surface area contributed by atoms with Crippen LogP contribution in [0.2, 0.25) is 0 Å². The van der Waals surface area contributed by atoms with Crippen molar-refractivity contribution in [2.24, 2.45) is 28.6 Å². The number of allylic oxidation sites excluding steroid dienone is 6. The molecule has 4 heteroatoms. The van der Waals surface area contributed by atoms with Crippen molar-refractivity contribution in [3.63, 3.8) is 0 Å². The van der Waals surface area contributed by atoms with E-state index in [0.717, 1.165) is 19.3 Å². The van der Waals surface area contributed by atoms with Crippen LogP contribution in [0.4, 0.5) is 0 Å². The molecule has 2 fully saturated rings. The Hall–Kier alpha value is -1.52. The summed E-state index contributed by atoms with van der Waals surface area (Å²) in [5, 5.41) is 20.9. The highest BCUT2D eigenvalue weighted by atomic mass is 16.3. The van der Waals surface area contributed by atoms with Gasteiger partial charge in [-0.3, -0.25) is 9.59 Å². The Morgan fingerprint density at radius 3 is 2.77 bits per heavy atom. The second-order valence-electron chi connectivity index (χ2n) is 9.12.